The van der Waals surface area contributed by atoms with Gasteiger partial charge >= 0.3 is 6.03 Å². The molecule has 184 valence electrons. The van der Waals surface area contributed by atoms with Crippen LogP contribution in [0.2, 0.25) is 0 Å². The van der Waals surface area contributed by atoms with E-state index in [2.05, 4.69) is 26.6 Å². The van der Waals surface area contributed by atoms with Gasteiger partial charge < -0.3 is 19.5 Å². The summed E-state index contributed by atoms with van der Waals surface area (Å²) in [5.74, 6) is 1.63. The van der Waals surface area contributed by atoms with Gasteiger partial charge in [-0.3, -0.25) is 20.0 Å². The monoisotopic (exact) mass is 486 g/mol. The lowest BCUT2D eigenvalue weighted by atomic mass is 9.88. The second-order valence-corrected chi connectivity index (χ2v) is 10.1. The van der Waals surface area contributed by atoms with Gasteiger partial charge in [-0.25, -0.2) is 4.79 Å². The van der Waals surface area contributed by atoms with E-state index in [1.54, 1.807) is 7.11 Å². The van der Waals surface area contributed by atoms with Gasteiger partial charge in [0.25, 0.3) is 5.91 Å². The van der Waals surface area contributed by atoms with Gasteiger partial charge in [0.15, 0.2) is 11.3 Å². The summed E-state index contributed by atoms with van der Waals surface area (Å²) < 4.78 is 17.3. The summed E-state index contributed by atoms with van der Waals surface area (Å²) in [6.07, 6.45) is 5.26. The van der Waals surface area contributed by atoms with Crippen LogP contribution in [0.3, 0.4) is 0 Å². The lowest BCUT2D eigenvalue weighted by Crippen LogP contribution is -2.53. The minimum atomic E-state index is -1.25. The van der Waals surface area contributed by atoms with Crippen LogP contribution < -0.4 is 20.1 Å². The summed E-state index contributed by atoms with van der Waals surface area (Å²) >= 11 is 0. The molecule has 2 aromatic rings. The highest BCUT2D eigenvalue weighted by atomic mass is 16.6. The molecule has 0 radical (unpaired) electrons. The molecular formula is C27H26N4O5. The lowest BCUT2D eigenvalue weighted by Gasteiger charge is -2.33. The van der Waals surface area contributed by atoms with Gasteiger partial charge in [-0.05, 0) is 41.8 Å². The summed E-state index contributed by atoms with van der Waals surface area (Å²) in [4.78, 5) is 32.1. The van der Waals surface area contributed by atoms with Crippen molar-refractivity contribution < 1.29 is 23.8 Å². The highest BCUT2D eigenvalue weighted by Crippen LogP contribution is 2.51. The number of aliphatic imine (C=N–C) groups is 1. The highest BCUT2D eigenvalue weighted by Gasteiger charge is 2.60. The molecule has 1 spiro atoms. The number of hydrogen-bond acceptors (Lipinski definition) is 7. The number of imide groups is 1. The van der Waals surface area contributed by atoms with Crippen molar-refractivity contribution in [1.82, 2.24) is 15.5 Å². The minimum Gasteiger partial charge on any atom is -0.497 e. The quantitative estimate of drug-likeness (QED) is 0.459. The van der Waals surface area contributed by atoms with Gasteiger partial charge in [0, 0.05) is 36.4 Å². The van der Waals surface area contributed by atoms with Crippen LogP contribution in [0.4, 0.5) is 4.79 Å². The van der Waals surface area contributed by atoms with Gasteiger partial charge in [-0.15, -0.1) is 0 Å². The lowest BCUT2D eigenvalue weighted by molar-refractivity contribution is -0.125. The summed E-state index contributed by atoms with van der Waals surface area (Å²) in [6.45, 7) is 1.83. The maximum atomic E-state index is 13.2. The van der Waals surface area contributed by atoms with E-state index in [9.17, 15) is 9.59 Å². The van der Waals surface area contributed by atoms with Crippen LogP contribution in [-0.2, 0) is 27.3 Å². The molecule has 9 nitrogen and oxygen atoms in total. The van der Waals surface area contributed by atoms with Crippen molar-refractivity contribution in [3.63, 3.8) is 0 Å². The normalized spacial score (nSPS) is 31.4. The number of nitrogens with one attached hydrogen (secondary N) is 2. The number of dihydropyridines is 1. The fourth-order valence-corrected chi connectivity index (χ4v) is 5.61. The van der Waals surface area contributed by atoms with Gasteiger partial charge in [0.1, 0.15) is 18.1 Å². The molecule has 9 heteroatoms. The van der Waals surface area contributed by atoms with E-state index in [0.29, 0.717) is 43.0 Å². The molecule has 3 fully saturated rings. The van der Waals surface area contributed by atoms with E-state index in [0.717, 1.165) is 28.9 Å². The number of ether oxygens (including phenoxy) is 3. The third kappa shape index (κ3) is 3.34. The number of urea groups is 1. The Morgan fingerprint density at radius 3 is 2.67 bits per heavy atom. The molecule has 1 saturated carbocycles. The summed E-state index contributed by atoms with van der Waals surface area (Å²) in [5, 5.41) is 5.33. The number of hydrogen-bond donors (Lipinski definition) is 2. The number of rotatable bonds is 7. The average molecular weight is 487 g/mol. The average Bonchev–Trinajstić information content (AvgIpc) is 3.79. The second kappa shape index (κ2) is 7.65. The minimum absolute atomic E-state index is 0.258. The number of benzene rings is 2. The molecule has 4 aliphatic heterocycles. The molecular weight excluding hydrogens is 460 g/mol. The van der Waals surface area contributed by atoms with Gasteiger partial charge in [0.05, 0.1) is 19.8 Å². The number of methoxy groups -OCH3 is 1. The van der Waals surface area contributed by atoms with Crippen molar-refractivity contribution >= 4 is 18.2 Å². The summed E-state index contributed by atoms with van der Waals surface area (Å²) in [6, 6.07) is 13.3. The van der Waals surface area contributed by atoms with E-state index < -0.39 is 17.3 Å². The van der Waals surface area contributed by atoms with Crippen LogP contribution in [0.15, 0.2) is 59.1 Å². The van der Waals surface area contributed by atoms with Crippen molar-refractivity contribution in [2.75, 3.05) is 26.9 Å². The molecule has 2 saturated heterocycles. The highest BCUT2D eigenvalue weighted by molar-refractivity contribution is 6.07. The van der Waals surface area contributed by atoms with Crippen LogP contribution in [-0.4, -0.2) is 56.0 Å². The molecule has 5 aliphatic rings. The Labute approximate surface area is 208 Å². The van der Waals surface area contributed by atoms with E-state index in [-0.39, 0.29) is 12.5 Å². The van der Waals surface area contributed by atoms with Crippen LogP contribution >= 0.6 is 0 Å². The molecule has 3 unspecified atom stereocenters. The van der Waals surface area contributed by atoms with Crippen LogP contribution in [0.25, 0.3) is 0 Å². The van der Waals surface area contributed by atoms with Gasteiger partial charge in [0.2, 0.25) is 0 Å². The number of amides is 3. The van der Waals surface area contributed by atoms with Crippen LogP contribution in [0.5, 0.6) is 11.5 Å². The van der Waals surface area contributed by atoms with Crippen LogP contribution in [0.1, 0.15) is 23.1 Å². The standard InChI is InChI=1S/C27H26N4O5/c1-34-21-5-2-17-12-31(27(15-36-27)22(17)10-21)14-26(24(32)29-25(33)30-26)19-3-6-20(7-4-19)35-13-16-8-18-9-23(18)28-11-16/h2-8,10-11,18,23H,9,12-15H2,1H3,(H2,29,30,32,33)/t18?,23?,26-,27?/m0/s1. The maximum Gasteiger partial charge on any atom is 0.322 e. The second-order valence-electron chi connectivity index (χ2n) is 10.1. The smallest absolute Gasteiger partial charge is 0.322 e. The van der Waals surface area contributed by atoms with Gasteiger partial charge in [-0.1, -0.05) is 24.3 Å². The zero-order valence-corrected chi connectivity index (χ0v) is 19.8. The Hall–Kier alpha value is -3.69. The summed E-state index contributed by atoms with van der Waals surface area (Å²) in [5.41, 5.74) is 2.07. The Kier molecular flexibility index (Phi) is 4.59. The van der Waals surface area contributed by atoms with Crippen molar-refractivity contribution in [3.8, 4) is 11.5 Å². The predicted octanol–water partition coefficient (Wildman–Crippen LogP) is 2.21. The zero-order valence-electron chi connectivity index (χ0n) is 19.8. The summed E-state index contributed by atoms with van der Waals surface area (Å²) in [7, 11) is 1.64. The predicted molar refractivity (Wildman–Crippen MR) is 130 cm³/mol. The molecule has 7 rings (SSSR count). The third-order valence-electron chi connectivity index (χ3n) is 7.81. The fraction of sp³-hybridized carbons (Fsp3) is 0.370. The van der Waals surface area contributed by atoms with Crippen LogP contribution in [0, 0.1) is 5.92 Å². The van der Waals surface area contributed by atoms with Crippen molar-refractivity contribution in [3.05, 3.63) is 70.8 Å². The first kappa shape index (κ1) is 21.6. The third-order valence-corrected chi connectivity index (χ3v) is 7.81. The Balaban J connectivity index is 1.13. The topological polar surface area (TPSA) is 105 Å². The van der Waals surface area contributed by atoms with E-state index in [1.807, 2.05) is 48.7 Å². The van der Waals surface area contributed by atoms with Crippen molar-refractivity contribution in [1.29, 1.82) is 0 Å². The number of nitrogens with zero attached hydrogens (tertiary/aromatic N) is 2. The first-order valence-corrected chi connectivity index (χ1v) is 12.2. The molecule has 3 amide bonds. The Morgan fingerprint density at radius 2 is 1.97 bits per heavy atom. The molecule has 2 aromatic carbocycles. The molecule has 0 bridgehead atoms. The Bertz CT molecular complexity index is 1330. The van der Waals surface area contributed by atoms with Crippen molar-refractivity contribution in [2.24, 2.45) is 10.9 Å². The SMILES string of the molecule is COc1ccc2c(c1)C1(CO1)N(C[C@@]1(c3ccc(OCC4=CC5CC5N=C4)cc3)NC(=O)NC1=O)C2. The first-order valence-electron chi connectivity index (χ1n) is 12.2. The van der Waals surface area contributed by atoms with E-state index >= 15 is 0 Å². The van der Waals surface area contributed by atoms with Crippen molar-refractivity contribution in [2.45, 2.75) is 30.3 Å². The molecule has 1 aliphatic carbocycles. The number of carbonyl (C=O) groups is 2. The molecule has 4 atom stereocenters. The van der Waals surface area contributed by atoms with E-state index in [4.69, 9.17) is 14.2 Å². The molecule has 36 heavy (non-hydrogen) atoms. The Morgan fingerprint density at radius 1 is 1.17 bits per heavy atom. The zero-order chi connectivity index (χ0) is 24.5. The molecule has 0 aromatic heterocycles. The first-order chi connectivity index (χ1) is 17.5. The molecule has 4 heterocycles. The molecule has 2 N–H and O–H groups in total. The number of fused-ring (bicyclic) bond motifs is 3. The van der Waals surface area contributed by atoms with Gasteiger partial charge in [-0.2, -0.15) is 0 Å². The number of carbonyl (C=O) groups excluding carboxylic acids is 2. The largest absolute Gasteiger partial charge is 0.497 e. The maximum absolute atomic E-state index is 13.2. The fourth-order valence-electron chi connectivity index (χ4n) is 5.61. The van der Waals surface area contributed by atoms with E-state index in [1.165, 1.54) is 0 Å². The number of epoxide rings is 1.